The molecular weight excluding hydrogens is 380 g/mol. The average Bonchev–Trinajstić information content (AvgIpc) is 3.27. The van der Waals surface area contributed by atoms with Crippen LogP contribution in [0.1, 0.15) is 6.42 Å². The van der Waals surface area contributed by atoms with E-state index < -0.39 is 0 Å². The Labute approximate surface area is 178 Å². The van der Waals surface area contributed by atoms with Crippen LogP contribution < -0.4 is 0 Å². The van der Waals surface area contributed by atoms with Crippen molar-refractivity contribution in [1.82, 2.24) is 19.1 Å². The molecule has 7 rings (SSSR count). The zero-order chi connectivity index (χ0) is 20.4. The van der Waals surface area contributed by atoms with E-state index in [0.717, 1.165) is 17.8 Å². The third-order valence-electron chi connectivity index (χ3n) is 6.26. The molecular formula is C27H18N4. The molecule has 0 fully saturated rings. The van der Waals surface area contributed by atoms with Crippen LogP contribution in [0.3, 0.4) is 0 Å². The molecule has 0 aliphatic heterocycles. The molecule has 6 aromatic rings. The second kappa shape index (κ2) is 6.16. The fourth-order valence-corrected chi connectivity index (χ4v) is 5.00. The summed E-state index contributed by atoms with van der Waals surface area (Å²) in [4.78, 5) is 8.95. The molecule has 31 heavy (non-hydrogen) atoms. The van der Waals surface area contributed by atoms with E-state index in [9.17, 15) is 0 Å². The van der Waals surface area contributed by atoms with Gasteiger partial charge in [-0.05, 0) is 36.1 Å². The molecule has 0 bridgehead atoms. The Morgan fingerprint density at radius 2 is 1.87 bits per heavy atom. The summed E-state index contributed by atoms with van der Waals surface area (Å²) in [5.41, 5.74) is 4.77. The van der Waals surface area contributed by atoms with Crippen molar-refractivity contribution >= 4 is 49.2 Å². The van der Waals surface area contributed by atoms with Gasteiger partial charge in [-0.25, -0.2) is 4.98 Å². The van der Waals surface area contributed by atoms with E-state index in [0.29, 0.717) is 0 Å². The third kappa shape index (κ3) is 2.24. The van der Waals surface area contributed by atoms with Crippen LogP contribution in [0.25, 0.3) is 55.0 Å². The van der Waals surface area contributed by atoms with Crippen molar-refractivity contribution in [2.24, 2.45) is 0 Å². The van der Waals surface area contributed by atoms with Crippen molar-refractivity contribution in [3.8, 4) is 5.82 Å². The first-order valence-electron chi connectivity index (χ1n) is 10.5. The highest BCUT2D eigenvalue weighted by atomic mass is 15.1. The van der Waals surface area contributed by atoms with Gasteiger partial charge in [0.15, 0.2) is 5.82 Å². The van der Waals surface area contributed by atoms with Gasteiger partial charge in [-0.2, -0.15) is 0 Å². The van der Waals surface area contributed by atoms with Crippen LogP contribution in [0.15, 0.2) is 97.6 Å². The molecule has 1 aliphatic rings. The number of allylic oxidation sites excluding steroid dienone is 6. The monoisotopic (exact) mass is 398 g/mol. The first-order chi connectivity index (χ1) is 15.4. The predicted molar refractivity (Wildman–Crippen MR) is 128 cm³/mol. The van der Waals surface area contributed by atoms with Gasteiger partial charge in [0.05, 0.1) is 22.7 Å². The number of hydrogen-bond donors (Lipinski definition) is 0. The molecule has 3 aromatic heterocycles. The molecule has 4 heteroatoms. The molecule has 3 heterocycles. The van der Waals surface area contributed by atoms with Crippen LogP contribution in [0.2, 0.25) is 0 Å². The molecule has 0 N–H and O–H groups in total. The number of nitrogens with zero attached hydrogens (tertiary/aromatic N) is 4. The largest absolute Gasteiger partial charge is 0.316 e. The maximum atomic E-state index is 4.62. The quantitative estimate of drug-likeness (QED) is 0.313. The van der Waals surface area contributed by atoms with Crippen molar-refractivity contribution in [1.29, 1.82) is 0 Å². The second-order valence-corrected chi connectivity index (χ2v) is 7.93. The Kier molecular flexibility index (Phi) is 3.30. The number of hydrogen-bond acceptors (Lipinski definition) is 2. The standard InChI is InChI=1S/C27H18N4/c1-2-4-8-20(7-3-1)30-15-12-19-16-23-26-21(27(19)30)11-10-18-6-5-9-22(25(18)26)31(23)24-17-28-13-14-29-24/h1-3,5-17H,4H2. The Morgan fingerprint density at radius 3 is 2.81 bits per heavy atom. The number of rotatable bonds is 2. The van der Waals surface area contributed by atoms with Gasteiger partial charge in [-0.1, -0.05) is 48.6 Å². The molecule has 4 nitrogen and oxygen atoms in total. The highest BCUT2D eigenvalue weighted by Crippen LogP contribution is 2.42. The van der Waals surface area contributed by atoms with Crippen LogP contribution in [0.5, 0.6) is 0 Å². The summed E-state index contributed by atoms with van der Waals surface area (Å²) < 4.78 is 4.56. The minimum atomic E-state index is 0.840. The summed E-state index contributed by atoms with van der Waals surface area (Å²) in [6.45, 7) is 0. The summed E-state index contributed by atoms with van der Waals surface area (Å²) in [5, 5.41) is 6.28. The van der Waals surface area contributed by atoms with Crippen molar-refractivity contribution in [3.05, 3.63) is 97.6 Å². The van der Waals surface area contributed by atoms with Gasteiger partial charge < -0.3 is 4.57 Å². The third-order valence-corrected chi connectivity index (χ3v) is 6.26. The first kappa shape index (κ1) is 16.6. The minimum absolute atomic E-state index is 0.840. The van der Waals surface area contributed by atoms with Crippen molar-refractivity contribution < 1.29 is 0 Å². The Bertz CT molecular complexity index is 1690. The number of fused-ring (bicyclic) bond motifs is 2. The van der Waals surface area contributed by atoms with Gasteiger partial charge in [-0.15, -0.1) is 0 Å². The predicted octanol–water partition coefficient (Wildman–Crippen LogP) is 6.48. The summed E-state index contributed by atoms with van der Waals surface area (Å²) in [7, 11) is 0. The summed E-state index contributed by atoms with van der Waals surface area (Å²) in [5.74, 6) is 0.840. The summed E-state index contributed by atoms with van der Waals surface area (Å²) in [6.07, 6.45) is 19.3. The number of benzene rings is 3. The Morgan fingerprint density at radius 1 is 0.871 bits per heavy atom. The Balaban J connectivity index is 1.67. The lowest BCUT2D eigenvalue weighted by Gasteiger charge is -2.10. The van der Waals surface area contributed by atoms with E-state index in [-0.39, 0.29) is 0 Å². The summed E-state index contributed by atoms with van der Waals surface area (Å²) in [6, 6.07) is 15.5. The minimum Gasteiger partial charge on any atom is -0.316 e. The van der Waals surface area contributed by atoms with E-state index in [1.807, 2.05) is 6.20 Å². The van der Waals surface area contributed by atoms with Crippen LogP contribution in [-0.4, -0.2) is 19.1 Å². The lowest BCUT2D eigenvalue weighted by molar-refractivity contribution is 1.04. The van der Waals surface area contributed by atoms with Gasteiger partial charge in [0, 0.05) is 45.8 Å². The van der Waals surface area contributed by atoms with E-state index in [1.54, 1.807) is 12.4 Å². The SMILES string of the molecule is C1=CCC=C(n2ccc3cc4c5c(ccc6cccc(c65)n4-c4cnccn4)c32)C=C1. The van der Waals surface area contributed by atoms with E-state index in [1.165, 1.54) is 43.7 Å². The van der Waals surface area contributed by atoms with Crippen LogP contribution in [0, 0.1) is 0 Å². The van der Waals surface area contributed by atoms with Gasteiger partial charge >= 0.3 is 0 Å². The van der Waals surface area contributed by atoms with Crippen LogP contribution in [-0.2, 0) is 0 Å². The van der Waals surface area contributed by atoms with Gasteiger partial charge in [0.2, 0.25) is 0 Å². The van der Waals surface area contributed by atoms with Crippen LogP contribution in [0.4, 0.5) is 0 Å². The fraction of sp³-hybridized carbons (Fsp3) is 0.0370. The average molecular weight is 398 g/mol. The zero-order valence-electron chi connectivity index (χ0n) is 16.7. The van der Waals surface area contributed by atoms with Crippen molar-refractivity contribution in [2.75, 3.05) is 0 Å². The smallest absolute Gasteiger partial charge is 0.156 e. The van der Waals surface area contributed by atoms with E-state index >= 15 is 0 Å². The normalized spacial score (nSPS) is 14.3. The van der Waals surface area contributed by atoms with E-state index in [4.69, 9.17) is 0 Å². The van der Waals surface area contributed by atoms with Gasteiger partial charge in [-0.3, -0.25) is 9.55 Å². The molecule has 0 saturated heterocycles. The lowest BCUT2D eigenvalue weighted by Crippen LogP contribution is -1.97. The van der Waals surface area contributed by atoms with Gasteiger partial charge in [0.25, 0.3) is 0 Å². The maximum Gasteiger partial charge on any atom is 0.156 e. The molecule has 0 atom stereocenters. The maximum absolute atomic E-state index is 4.62. The Hall–Kier alpha value is -4.18. The van der Waals surface area contributed by atoms with E-state index in [2.05, 4.69) is 98.1 Å². The molecule has 0 saturated carbocycles. The molecule has 146 valence electrons. The molecule has 0 unspecified atom stereocenters. The molecule has 3 aromatic carbocycles. The first-order valence-corrected chi connectivity index (χ1v) is 10.5. The van der Waals surface area contributed by atoms with Crippen molar-refractivity contribution in [3.63, 3.8) is 0 Å². The number of aromatic nitrogens is 4. The topological polar surface area (TPSA) is 35.6 Å². The van der Waals surface area contributed by atoms with Crippen LogP contribution >= 0.6 is 0 Å². The second-order valence-electron chi connectivity index (χ2n) is 7.93. The zero-order valence-corrected chi connectivity index (χ0v) is 16.7. The lowest BCUT2D eigenvalue weighted by atomic mass is 10.0. The molecule has 0 amide bonds. The van der Waals surface area contributed by atoms with Crippen molar-refractivity contribution in [2.45, 2.75) is 6.42 Å². The molecule has 0 radical (unpaired) electrons. The highest BCUT2D eigenvalue weighted by molar-refractivity contribution is 6.29. The summed E-state index contributed by atoms with van der Waals surface area (Å²) >= 11 is 0. The fourth-order valence-electron chi connectivity index (χ4n) is 5.00. The molecule has 1 aliphatic carbocycles. The van der Waals surface area contributed by atoms with Gasteiger partial charge in [0.1, 0.15) is 0 Å². The molecule has 0 spiro atoms. The highest BCUT2D eigenvalue weighted by Gasteiger charge is 2.20.